The number of amides is 1. The fourth-order valence-corrected chi connectivity index (χ4v) is 1.04. The minimum atomic E-state index is -0.472. The minimum Gasteiger partial charge on any atom is -0.302 e. The summed E-state index contributed by atoms with van der Waals surface area (Å²) in [4.78, 5) is 12.1. The van der Waals surface area contributed by atoms with Crippen molar-refractivity contribution in [3.05, 3.63) is 29.8 Å². The molecule has 0 saturated heterocycles. The number of aryl methyl sites for hydroxylation is 1. The number of rotatable bonds is 1. The summed E-state index contributed by atoms with van der Waals surface area (Å²) in [6.07, 6.45) is 0. The second-order valence-electron chi connectivity index (χ2n) is 2.65. The van der Waals surface area contributed by atoms with Crippen LogP contribution in [0.2, 0.25) is 0 Å². The maximum absolute atomic E-state index is 10.7. The van der Waals surface area contributed by atoms with E-state index in [0.29, 0.717) is 0 Å². The number of anilines is 1. The average molecular weight is 184 g/mol. The molecule has 2 nitrogen and oxygen atoms in total. The molecule has 0 aliphatic rings. The molecular weight excluding hydrogens is 174 g/mol. The van der Waals surface area contributed by atoms with Crippen LogP contribution < -0.4 is 4.90 Å². The molecule has 0 saturated carbocycles. The highest BCUT2D eigenvalue weighted by molar-refractivity contribution is 6.66. The Morgan fingerprint density at radius 3 is 2.67 bits per heavy atom. The smallest absolute Gasteiger partial charge is 0.302 e. The Kier molecular flexibility index (Phi) is 2.71. The van der Waals surface area contributed by atoms with Crippen molar-refractivity contribution in [3.8, 4) is 0 Å². The summed E-state index contributed by atoms with van der Waals surface area (Å²) in [5.74, 6) is 0. The van der Waals surface area contributed by atoms with Gasteiger partial charge in [0.25, 0.3) is 0 Å². The summed E-state index contributed by atoms with van der Waals surface area (Å²) in [5, 5.41) is -0.472. The van der Waals surface area contributed by atoms with Crippen LogP contribution in [0.4, 0.5) is 10.5 Å². The van der Waals surface area contributed by atoms with Gasteiger partial charge in [-0.15, -0.1) is 0 Å². The number of halogens is 1. The molecule has 0 aliphatic heterocycles. The summed E-state index contributed by atoms with van der Waals surface area (Å²) in [5.41, 5.74) is 1.92. The highest BCUT2D eigenvalue weighted by atomic mass is 35.5. The van der Waals surface area contributed by atoms with E-state index in [0.717, 1.165) is 11.3 Å². The van der Waals surface area contributed by atoms with E-state index in [-0.39, 0.29) is 0 Å². The van der Waals surface area contributed by atoms with Crippen molar-refractivity contribution in [1.82, 2.24) is 0 Å². The fraction of sp³-hybridized carbons (Fsp3) is 0.222. The standard InChI is InChI=1S/C9H10ClNO/c1-7-4-3-5-8(6-7)11(2)9(10)12/h3-6H,1-2H3. The molecule has 1 aromatic rings. The monoisotopic (exact) mass is 183 g/mol. The molecule has 0 atom stereocenters. The molecular formula is C9H10ClNO. The van der Waals surface area contributed by atoms with Gasteiger partial charge in [-0.2, -0.15) is 0 Å². The molecule has 0 bridgehead atoms. The normalized spacial score (nSPS) is 9.58. The first-order chi connectivity index (χ1) is 5.61. The van der Waals surface area contributed by atoms with E-state index in [1.54, 1.807) is 7.05 Å². The third kappa shape index (κ3) is 1.98. The van der Waals surface area contributed by atoms with Crippen LogP contribution in [0.25, 0.3) is 0 Å². The molecule has 0 aromatic heterocycles. The zero-order valence-electron chi connectivity index (χ0n) is 7.04. The lowest BCUT2D eigenvalue weighted by molar-refractivity contribution is 0.265. The third-order valence-electron chi connectivity index (χ3n) is 1.65. The average Bonchev–Trinajstić information content (AvgIpc) is 2.03. The SMILES string of the molecule is Cc1cccc(N(C)C(=O)Cl)c1. The van der Waals surface area contributed by atoms with Crippen LogP contribution in [-0.2, 0) is 0 Å². The van der Waals surface area contributed by atoms with Crippen LogP contribution in [-0.4, -0.2) is 12.4 Å². The first-order valence-electron chi connectivity index (χ1n) is 3.61. The van der Waals surface area contributed by atoms with E-state index in [2.05, 4.69) is 0 Å². The predicted octanol–water partition coefficient (Wildman–Crippen LogP) is 2.79. The molecule has 0 heterocycles. The van der Waals surface area contributed by atoms with Gasteiger partial charge in [0.1, 0.15) is 0 Å². The number of carbonyl (C=O) groups is 1. The zero-order chi connectivity index (χ0) is 9.14. The first kappa shape index (κ1) is 9.07. The topological polar surface area (TPSA) is 20.3 Å². The summed E-state index contributed by atoms with van der Waals surface area (Å²) < 4.78 is 0. The summed E-state index contributed by atoms with van der Waals surface area (Å²) in [7, 11) is 1.64. The minimum absolute atomic E-state index is 0.472. The largest absolute Gasteiger partial charge is 0.320 e. The van der Waals surface area contributed by atoms with E-state index in [4.69, 9.17) is 11.6 Å². The van der Waals surface area contributed by atoms with Crippen molar-refractivity contribution in [2.45, 2.75) is 6.92 Å². The predicted molar refractivity (Wildman–Crippen MR) is 50.8 cm³/mol. The molecule has 0 aliphatic carbocycles. The van der Waals surface area contributed by atoms with Crippen LogP contribution in [0.1, 0.15) is 5.56 Å². The Hall–Kier alpha value is -1.02. The van der Waals surface area contributed by atoms with E-state index in [9.17, 15) is 4.79 Å². The summed E-state index contributed by atoms with van der Waals surface area (Å²) >= 11 is 5.30. The highest BCUT2D eigenvalue weighted by Crippen LogP contribution is 2.15. The lowest BCUT2D eigenvalue weighted by Crippen LogP contribution is -2.19. The van der Waals surface area contributed by atoms with Crippen molar-refractivity contribution in [1.29, 1.82) is 0 Å². The molecule has 0 N–H and O–H groups in total. The fourth-order valence-electron chi connectivity index (χ4n) is 0.938. The third-order valence-corrected chi connectivity index (χ3v) is 1.91. The Bertz CT molecular complexity index is 298. The number of benzene rings is 1. The van der Waals surface area contributed by atoms with Gasteiger partial charge < -0.3 is 4.90 Å². The van der Waals surface area contributed by atoms with Gasteiger partial charge in [-0.3, -0.25) is 4.79 Å². The molecule has 0 fully saturated rings. The quantitative estimate of drug-likeness (QED) is 0.484. The Morgan fingerprint density at radius 2 is 2.17 bits per heavy atom. The van der Waals surface area contributed by atoms with Crippen LogP contribution in [0.5, 0.6) is 0 Å². The maximum Gasteiger partial charge on any atom is 0.320 e. The molecule has 0 unspecified atom stereocenters. The maximum atomic E-state index is 10.7. The molecule has 1 rings (SSSR count). The van der Waals surface area contributed by atoms with Crippen LogP contribution in [0.15, 0.2) is 24.3 Å². The number of hydrogen-bond acceptors (Lipinski definition) is 1. The van der Waals surface area contributed by atoms with Gasteiger partial charge in [0.2, 0.25) is 0 Å². The number of carbonyl (C=O) groups excluding carboxylic acids is 1. The molecule has 1 amide bonds. The van der Waals surface area contributed by atoms with E-state index in [1.807, 2.05) is 31.2 Å². The van der Waals surface area contributed by atoms with Crippen molar-refractivity contribution < 1.29 is 4.79 Å². The van der Waals surface area contributed by atoms with Gasteiger partial charge in [0.15, 0.2) is 0 Å². The van der Waals surface area contributed by atoms with Crippen LogP contribution >= 0.6 is 11.6 Å². The Morgan fingerprint density at radius 1 is 1.50 bits per heavy atom. The lowest BCUT2D eigenvalue weighted by Gasteiger charge is -2.13. The van der Waals surface area contributed by atoms with Crippen LogP contribution in [0.3, 0.4) is 0 Å². The molecule has 3 heteroatoms. The summed E-state index contributed by atoms with van der Waals surface area (Å²) in [6.45, 7) is 1.97. The van der Waals surface area contributed by atoms with E-state index >= 15 is 0 Å². The Labute approximate surface area is 76.8 Å². The number of hydrogen-bond donors (Lipinski definition) is 0. The lowest BCUT2D eigenvalue weighted by atomic mass is 10.2. The second kappa shape index (κ2) is 3.59. The van der Waals surface area contributed by atoms with E-state index < -0.39 is 5.37 Å². The van der Waals surface area contributed by atoms with Gasteiger partial charge in [0, 0.05) is 12.7 Å². The van der Waals surface area contributed by atoms with Gasteiger partial charge >= 0.3 is 5.37 Å². The second-order valence-corrected chi connectivity index (χ2v) is 2.97. The van der Waals surface area contributed by atoms with E-state index in [1.165, 1.54) is 4.90 Å². The number of nitrogens with zero attached hydrogens (tertiary/aromatic N) is 1. The molecule has 1 aromatic carbocycles. The van der Waals surface area contributed by atoms with Crippen molar-refractivity contribution in [2.24, 2.45) is 0 Å². The zero-order valence-corrected chi connectivity index (χ0v) is 7.80. The summed E-state index contributed by atoms with van der Waals surface area (Å²) in [6, 6.07) is 7.60. The van der Waals surface area contributed by atoms with Crippen molar-refractivity contribution >= 4 is 22.7 Å². The molecule has 12 heavy (non-hydrogen) atoms. The molecule has 0 radical (unpaired) electrons. The molecule has 64 valence electrons. The van der Waals surface area contributed by atoms with Crippen molar-refractivity contribution in [2.75, 3.05) is 11.9 Å². The highest BCUT2D eigenvalue weighted by Gasteiger charge is 2.05. The Balaban J connectivity index is 2.95. The van der Waals surface area contributed by atoms with Gasteiger partial charge in [-0.05, 0) is 36.2 Å². The van der Waals surface area contributed by atoms with Gasteiger partial charge in [-0.25, -0.2) is 0 Å². The van der Waals surface area contributed by atoms with Gasteiger partial charge in [0.05, 0.1) is 0 Å². The first-order valence-corrected chi connectivity index (χ1v) is 3.99. The van der Waals surface area contributed by atoms with Crippen molar-refractivity contribution in [3.63, 3.8) is 0 Å². The molecule has 0 spiro atoms. The van der Waals surface area contributed by atoms with Crippen LogP contribution in [0, 0.1) is 6.92 Å². The van der Waals surface area contributed by atoms with Gasteiger partial charge in [-0.1, -0.05) is 12.1 Å².